The minimum absolute atomic E-state index is 0.0472. The SMILES string of the molecule is CC(C)OCCn1c(=O)cc(Cl)[nH]c1=O. The first kappa shape index (κ1) is 12.0. The first-order valence-corrected chi connectivity index (χ1v) is 5.00. The quantitative estimate of drug-likeness (QED) is 0.774. The van der Waals surface area contributed by atoms with E-state index in [2.05, 4.69) is 4.98 Å². The van der Waals surface area contributed by atoms with Gasteiger partial charge < -0.3 is 4.74 Å². The van der Waals surface area contributed by atoms with Crippen LogP contribution in [-0.4, -0.2) is 22.3 Å². The highest BCUT2D eigenvalue weighted by molar-refractivity contribution is 6.29. The van der Waals surface area contributed by atoms with Crippen molar-refractivity contribution in [3.63, 3.8) is 0 Å². The van der Waals surface area contributed by atoms with Crippen LogP contribution in [-0.2, 0) is 11.3 Å². The molecule has 0 fully saturated rings. The molecular formula is C9H13ClN2O3. The Morgan fingerprint density at radius 2 is 2.20 bits per heavy atom. The van der Waals surface area contributed by atoms with Gasteiger partial charge >= 0.3 is 5.69 Å². The van der Waals surface area contributed by atoms with E-state index < -0.39 is 11.2 Å². The van der Waals surface area contributed by atoms with Gasteiger partial charge in [0.25, 0.3) is 5.56 Å². The fourth-order valence-electron chi connectivity index (χ4n) is 1.08. The minimum atomic E-state index is -0.514. The number of H-pyrrole nitrogens is 1. The Labute approximate surface area is 91.6 Å². The van der Waals surface area contributed by atoms with E-state index in [0.717, 1.165) is 4.57 Å². The Hall–Kier alpha value is -1.07. The maximum atomic E-state index is 11.3. The van der Waals surface area contributed by atoms with Crippen LogP contribution in [0, 0.1) is 0 Å². The Morgan fingerprint density at radius 1 is 1.53 bits per heavy atom. The summed E-state index contributed by atoms with van der Waals surface area (Å²) < 4.78 is 6.29. The smallest absolute Gasteiger partial charge is 0.329 e. The largest absolute Gasteiger partial charge is 0.377 e. The summed E-state index contributed by atoms with van der Waals surface area (Å²) in [6, 6.07) is 1.17. The van der Waals surface area contributed by atoms with Crippen molar-refractivity contribution in [1.29, 1.82) is 0 Å². The third-order valence-corrected chi connectivity index (χ3v) is 1.96. The van der Waals surface area contributed by atoms with Gasteiger partial charge in [0.2, 0.25) is 0 Å². The molecule has 84 valence electrons. The first-order valence-electron chi connectivity index (χ1n) is 4.62. The second-order valence-electron chi connectivity index (χ2n) is 3.33. The number of aromatic nitrogens is 2. The van der Waals surface area contributed by atoms with E-state index >= 15 is 0 Å². The molecule has 0 aliphatic rings. The molecule has 0 saturated heterocycles. The fourth-order valence-corrected chi connectivity index (χ4v) is 1.26. The number of aromatic amines is 1. The predicted molar refractivity (Wildman–Crippen MR) is 57.4 cm³/mol. The molecule has 0 aromatic carbocycles. The summed E-state index contributed by atoms with van der Waals surface area (Å²) in [4.78, 5) is 25.0. The molecule has 0 aliphatic heterocycles. The molecular weight excluding hydrogens is 220 g/mol. The molecule has 0 unspecified atom stereocenters. The Balaban J connectivity index is 2.78. The highest BCUT2D eigenvalue weighted by Crippen LogP contribution is 1.94. The zero-order chi connectivity index (χ0) is 11.4. The van der Waals surface area contributed by atoms with Crippen LogP contribution in [0.15, 0.2) is 15.7 Å². The van der Waals surface area contributed by atoms with Crippen molar-refractivity contribution in [3.8, 4) is 0 Å². The Kier molecular flexibility index (Phi) is 4.11. The second kappa shape index (κ2) is 5.14. The van der Waals surface area contributed by atoms with Crippen molar-refractivity contribution in [3.05, 3.63) is 32.1 Å². The van der Waals surface area contributed by atoms with Crippen LogP contribution in [0.5, 0.6) is 0 Å². The van der Waals surface area contributed by atoms with E-state index in [9.17, 15) is 9.59 Å². The van der Waals surface area contributed by atoms with Crippen molar-refractivity contribution in [2.45, 2.75) is 26.5 Å². The van der Waals surface area contributed by atoms with E-state index in [1.807, 2.05) is 13.8 Å². The Bertz CT molecular complexity index is 404. The second-order valence-corrected chi connectivity index (χ2v) is 3.74. The number of halogens is 1. The molecule has 1 aromatic heterocycles. The molecule has 0 amide bonds. The summed E-state index contributed by atoms with van der Waals surface area (Å²) in [6.45, 7) is 4.32. The highest BCUT2D eigenvalue weighted by Gasteiger charge is 2.03. The van der Waals surface area contributed by atoms with Gasteiger partial charge in [0, 0.05) is 6.07 Å². The number of ether oxygens (including phenoxy) is 1. The lowest BCUT2D eigenvalue weighted by molar-refractivity contribution is 0.0716. The molecule has 1 rings (SSSR count). The molecule has 0 saturated carbocycles. The summed E-state index contributed by atoms with van der Waals surface area (Å²) >= 11 is 5.51. The minimum Gasteiger partial charge on any atom is -0.377 e. The summed E-state index contributed by atoms with van der Waals surface area (Å²) in [7, 11) is 0. The van der Waals surface area contributed by atoms with Crippen molar-refractivity contribution in [1.82, 2.24) is 9.55 Å². The number of hydrogen-bond donors (Lipinski definition) is 1. The molecule has 1 heterocycles. The maximum absolute atomic E-state index is 11.3. The topological polar surface area (TPSA) is 64.1 Å². The molecule has 1 aromatic rings. The van der Waals surface area contributed by atoms with Crippen LogP contribution in [0.25, 0.3) is 0 Å². The molecule has 15 heavy (non-hydrogen) atoms. The zero-order valence-electron chi connectivity index (χ0n) is 8.62. The van der Waals surface area contributed by atoms with Gasteiger partial charge in [-0.05, 0) is 13.8 Å². The van der Waals surface area contributed by atoms with Crippen molar-refractivity contribution in [2.24, 2.45) is 0 Å². The molecule has 0 bridgehead atoms. The van der Waals surface area contributed by atoms with Crippen LogP contribution in [0.3, 0.4) is 0 Å². The van der Waals surface area contributed by atoms with Crippen molar-refractivity contribution >= 4 is 11.6 Å². The fraction of sp³-hybridized carbons (Fsp3) is 0.556. The predicted octanol–water partition coefficient (Wildman–Crippen LogP) is 0.615. The highest BCUT2D eigenvalue weighted by atomic mass is 35.5. The van der Waals surface area contributed by atoms with Crippen molar-refractivity contribution in [2.75, 3.05) is 6.61 Å². The molecule has 1 N–H and O–H groups in total. The number of nitrogens with zero attached hydrogens (tertiary/aromatic N) is 1. The van der Waals surface area contributed by atoms with E-state index in [-0.39, 0.29) is 17.8 Å². The van der Waals surface area contributed by atoms with E-state index in [1.165, 1.54) is 6.07 Å². The molecule has 0 aliphatic carbocycles. The average molecular weight is 233 g/mol. The standard InChI is InChI=1S/C9H13ClN2O3/c1-6(2)15-4-3-12-8(13)5-7(10)11-9(12)14/h5-6H,3-4H2,1-2H3,(H,11,14). The van der Waals surface area contributed by atoms with Gasteiger partial charge in [-0.1, -0.05) is 11.6 Å². The molecule has 0 radical (unpaired) electrons. The van der Waals surface area contributed by atoms with Gasteiger partial charge in [0.05, 0.1) is 19.3 Å². The summed E-state index contributed by atoms with van der Waals surface area (Å²) in [5.41, 5.74) is -0.934. The van der Waals surface area contributed by atoms with Crippen LogP contribution in [0.2, 0.25) is 5.15 Å². The van der Waals surface area contributed by atoms with E-state index in [4.69, 9.17) is 16.3 Å². The normalized spacial score (nSPS) is 10.9. The summed E-state index contributed by atoms with van der Waals surface area (Å²) in [5.74, 6) is 0. The van der Waals surface area contributed by atoms with E-state index in [1.54, 1.807) is 0 Å². The molecule has 0 spiro atoms. The molecule has 0 atom stereocenters. The van der Waals surface area contributed by atoms with Gasteiger partial charge in [-0.3, -0.25) is 14.3 Å². The lowest BCUT2D eigenvalue weighted by Crippen LogP contribution is -2.35. The van der Waals surface area contributed by atoms with Gasteiger partial charge in [0.15, 0.2) is 0 Å². The molecule has 5 nitrogen and oxygen atoms in total. The number of hydrogen-bond acceptors (Lipinski definition) is 3. The third kappa shape index (κ3) is 3.53. The third-order valence-electron chi connectivity index (χ3n) is 1.75. The van der Waals surface area contributed by atoms with Gasteiger partial charge in [-0.2, -0.15) is 0 Å². The average Bonchev–Trinajstić information content (AvgIpc) is 2.08. The summed E-state index contributed by atoms with van der Waals surface area (Å²) in [5, 5.41) is 0.0472. The lowest BCUT2D eigenvalue weighted by atomic mass is 10.5. The van der Waals surface area contributed by atoms with E-state index in [0.29, 0.717) is 6.61 Å². The van der Waals surface area contributed by atoms with Crippen LogP contribution in [0.1, 0.15) is 13.8 Å². The lowest BCUT2D eigenvalue weighted by Gasteiger charge is -2.08. The molecule has 6 heteroatoms. The summed E-state index contributed by atoms with van der Waals surface area (Å²) in [6.07, 6.45) is 0.0760. The monoisotopic (exact) mass is 232 g/mol. The van der Waals surface area contributed by atoms with Crippen LogP contribution in [0.4, 0.5) is 0 Å². The van der Waals surface area contributed by atoms with Gasteiger partial charge in [0.1, 0.15) is 5.15 Å². The maximum Gasteiger partial charge on any atom is 0.329 e. The number of rotatable bonds is 4. The van der Waals surface area contributed by atoms with Gasteiger partial charge in [-0.25, -0.2) is 4.79 Å². The first-order chi connectivity index (χ1) is 7.00. The van der Waals surface area contributed by atoms with Crippen LogP contribution >= 0.6 is 11.6 Å². The number of nitrogens with one attached hydrogen (secondary N) is 1. The van der Waals surface area contributed by atoms with Crippen molar-refractivity contribution < 1.29 is 4.74 Å². The zero-order valence-corrected chi connectivity index (χ0v) is 9.37. The van der Waals surface area contributed by atoms with Gasteiger partial charge in [-0.15, -0.1) is 0 Å². The Morgan fingerprint density at radius 3 is 2.73 bits per heavy atom. The van der Waals surface area contributed by atoms with Crippen LogP contribution < -0.4 is 11.2 Å².